The van der Waals surface area contributed by atoms with Crippen molar-refractivity contribution in [1.82, 2.24) is 14.8 Å². The van der Waals surface area contributed by atoms with Crippen molar-refractivity contribution < 1.29 is 18.0 Å². The van der Waals surface area contributed by atoms with Crippen LogP contribution in [0, 0.1) is 12.7 Å². The molecule has 0 aliphatic carbocycles. The number of benzene rings is 2. The molecule has 1 amide bonds. The van der Waals surface area contributed by atoms with Gasteiger partial charge < -0.3 is 5.32 Å². The number of rotatable bonds is 5. The predicted octanol–water partition coefficient (Wildman–Crippen LogP) is 6.05. The number of fused-ring (bicyclic) bond motifs is 1. The van der Waals surface area contributed by atoms with Crippen molar-refractivity contribution in [2.75, 3.05) is 5.32 Å². The lowest BCUT2D eigenvalue weighted by Gasteiger charge is -2.14. The Bertz CT molecular complexity index is 1310. The van der Waals surface area contributed by atoms with E-state index >= 15 is 0 Å². The van der Waals surface area contributed by atoms with Crippen molar-refractivity contribution in [2.45, 2.75) is 26.3 Å². The van der Waals surface area contributed by atoms with Crippen LogP contribution in [0.3, 0.4) is 0 Å². The average Bonchev–Trinajstić information content (AvgIpc) is 3.07. The number of alkyl halides is 2. The fourth-order valence-corrected chi connectivity index (χ4v) is 3.65. The summed E-state index contributed by atoms with van der Waals surface area (Å²) in [6.45, 7) is 2.91. The summed E-state index contributed by atoms with van der Waals surface area (Å²) in [7, 11) is 0. The summed E-state index contributed by atoms with van der Waals surface area (Å²) in [5, 5.41) is 7.49. The molecular weight excluding hydrogens is 485 g/mol. The van der Waals surface area contributed by atoms with Crippen LogP contribution >= 0.6 is 15.9 Å². The summed E-state index contributed by atoms with van der Waals surface area (Å²) in [6.07, 6.45) is 1.49. The highest BCUT2D eigenvalue weighted by Crippen LogP contribution is 2.31. The first-order valence-corrected chi connectivity index (χ1v) is 10.5. The summed E-state index contributed by atoms with van der Waals surface area (Å²) >= 11 is 3.35. The highest BCUT2D eigenvalue weighted by atomic mass is 79.9. The molecule has 0 saturated carbocycles. The molecule has 2 aromatic carbocycles. The van der Waals surface area contributed by atoms with Gasteiger partial charge in [0.05, 0.1) is 35.2 Å². The molecule has 5 nitrogen and oxygen atoms in total. The Balaban J connectivity index is 1.66. The quantitative estimate of drug-likeness (QED) is 0.361. The molecule has 32 heavy (non-hydrogen) atoms. The highest BCUT2D eigenvalue weighted by Gasteiger charge is 2.29. The van der Waals surface area contributed by atoms with Crippen LogP contribution in [0.1, 0.15) is 34.2 Å². The fraction of sp³-hybridized carbons (Fsp3) is 0.174. The van der Waals surface area contributed by atoms with Gasteiger partial charge in [0.2, 0.25) is 0 Å². The first-order chi connectivity index (χ1) is 15.1. The molecule has 0 atom stereocenters. The van der Waals surface area contributed by atoms with Crippen molar-refractivity contribution in [3.05, 3.63) is 87.5 Å². The minimum Gasteiger partial charge on any atom is -0.319 e. The first kappa shape index (κ1) is 22.0. The maximum Gasteiger partial charge on any atom is 0.287 e. The minimum absolute atomic E-state index is 0.0820. The lowest BCUT2D eigenvalue weighted by Crippen LogP contribution is -2.17. The molecule has 0 aliphatic heterocycles. The van der Waals surface area contributed by atoms with Crippen LogP contribution in [-0.4, -0.2) is 20.7 Å². The van der Waals surface area contributed by atoms with Gasteiger partial charge in [0.25, 0.3) is 11.8 Å². The van der Waals surface area contributed by atoms with Gasteiger partial charge >= 0.3 is 0 Å². The molecule has 2 aromatic heterocycles. The van der Waals surface area contributed by atoms with Crippen LogP contribution in [0.2, 0.25) is 0 Å². The Hall–Kier alpha value is -3.20. The van der Waals surface area contributed by atoms with Gasteiger partial charge in [-0.05, 0) is 48.9 Å². The second-order valence-electron chi connectivity index (χ2n) is 7.49. The van der Waals surface area contributed by atoms with Gasteiger partial charge in [0.1, 0.15) is 11.5 Å². The van der Waals surface area contributed by atoms with Gasteiger partial charge in [0, 0.05) is 16.8 Å². The van der Waals surface area contributed by atoms with E-state index < -0.39 is 17.5 Å². The molecule has 1 N–H and O–H groups in total. The van der Waals surface area contributed by atoms with E-state index in [1.807, 2.05) is 0 Å². The summed E-state index contributed by atoms with van der Waals surface area (Å²) in [6, 6.07) is 12.1. The van der Waals surface area contributed by atoms with E-state index in [0.717, 1.165) is 18.6 Å². The van der Waals surface area contributed by atoms with Gasteiger partial charge in [-0.25, -0.2) is 9.37 Å². The molecule has 0 bridgehead atoms. The van der Waals surface area contributed by atoms with E-state index in [0.29, 0.717) is 33.3 Å². The molecule has 0 saturated heterocycles. The Labute approximate surface area is 190 Å². The van der Waals surface area contributed by atoms with Crippen molar-refractivity contribution in [2.24, 2.45) is 0 Å². The third-order valence-electron chi connectivity index (χ3n) is 5.06. The second-order valence-corrected chi connectivity index (χ2v) is 8.40. The van der Waals surface area contributed by atoms with Crippen molar-refractivity contribution in [3.8, 4) is 0 Å². The molecular formula is C23H18BrF3N4O. The largest absolute Gasteiger partial charge is 0.319 e. The van der Waals surface area contributed by atoms with E-state index in [-0.39, 0.29) is 11.4 Å². The normalized spacial score (nSPS) is 11.7. The third-order valence-corrected chi connectivity index (χ3v) is 5.56. The molecule has 9 heteroatoms. The first-order valence-electron chi connectivity index (χ1n) is 9.68. The van der Waals surface area contributed by atoms with Gasteiger partial charge in [-0.3, -0.25) is 9.48 Å². The van der Waals surface area contributed by atoms with Crippen LogP contribution in [-0.2, 0) is 12.5 Å². The zero-order valence-electron chi connectivity index (χ0n) is 17.2. The number of aromatic nitrogens is 3. The summed E-state index contributed by atoms with van der Waals surface area (Å²) in [5.41, 5.74) is 1.85. The number of amides is 1. The van der Waals surface area contributed by atoms with E-state index in [2.05, 4.69) is 31.3 Å². The number of nitrogens with zero attached hydrogens (tertiary/aromatic N) is 3. The number of pyridine rings is 1. The summed E-state index contributed by atoms with van der Waals surface area (Å²) in [5.74, 6) is -4.08. The van der Waals surface area contributed by atoms with Crippen molar-refractivity contribution >= 4 is 38.4 Å². The van der Waals surface area contributed by atoms with Gasteiger partial charge in [-0.2, -0.15) is 13.9 Å². The average molecular weight is 503 g/mol. The standard InChI is InChI=1S/C23H18BrF3N4O/c1-13-20(11-28-31(13)12-14-3-6-16(25)7-4-14)30-22(32)18-10-21(23(2,26)27)29-19-8-5-15(24)9-17(18)19/h3-11H,12H2,1-2H3,(H,30,32). The zero-order valence-corrected chi connectivity index (χ0v) is 18.8. The second kappa shape index (κ2) is 8.38. The number of carbonyl (C=O) groups excluding carboxylic acids is 1. The molecule has 0 unspecified atom stereocenters. The number of carbonyl (C=O) groups is 1. The Morgan fingerprint density at radius 2 is 1.88 bits per heavy atom. The van der Waals surface area contributed by atoms with Gasteiger partial charge in [-0.15, -0.1) is 0 Å². The number of halogens is 4. The zero-order chi connectivity index (χ0) is 23.0. The predicted molar refractivity (Wildman–Crippen MR) is 119 cm³/mol. The summed E-state index contributed by atoms with van der Waals surface area (Å²) < 4.78 is 43.5. The SMILES string of the molecule is Cc1c(NC(=O)c2cc(C(C)(F)F)nc3ccc(Br)cc23)cnn1Cc1ccc(F)cc1. The number of anilines is 1. The molecule has 0 radical (unpaired) electrons. The fourth-order valence-electron chi connectivity index (χ4n) is 3.29. The monoisotopic (exact) mass is 502 g/mol. The molecule has 2 heterocycles. The highest BCUT2D eigenvalue weighted by molar-refractivity contribution is 9.10. The third kappa shape index (κ3) is 4.52. The molecule has 0 aliphatic rings. The van der Waals surface area contributed by atoms with Crippen LogP contribution in [0.5, 0.6) is 0 Å². The molecule has 4 aromatic rings. The van der Waals surface area contributed by atoms with Crippen molar-refractivity contribution in [3.63, 3.8) is 0 Å². The topological polar surface area (TPSA) is 59.8 Å². The molecule has 164 valence electrons. The minimum atomic E-state index is -3.20. The van der Waals surface area contributed by atoms with Gasteiger partial charge in [0.15, 0.2) is 0 Å². The summed E-state index contributed by atoms with van der Waals surface area (Å²) in [4.78, 5) is 17.1. The Morgan fingerprint density at radius 1 is 1.16 bits per heavy atom. The number of nitrogens with one attached hydrogen (secondary N) is 1. The van der Waals surface area contributed by atoms with E-state index in [4.69, 9.17) is 0 Å². The van der Waals surface area contributed by atoms with Crippen LogP contribution in [0.4, 0.5) is 18.9 Å². The lowest BCUT2D eigenvalue weighted by molar-refractivity contribution is 0.0130. The Morgan fingerprint density at radius 3 is 2.56 bits per heavy atom. The van der Waals surface area contributed by atoms with Crippen LogP contribution in [0.25, 0.3) is 10.9 Å². The number of hydrogen-bond acceptors (Lipinski definition) is 3. The Kier molecular flexibility index (Phi) is 5.77. The van der Waals surface area contributed by atoms with E-state index in [9.17, 15) is 18.0 Å². The number of hydrogen-bond donors (Lipinski definition) is 1. The van der Waals surface area contributed by atoms with Crippen LogP contribution in [0.15, 0.2) is 59.2 Å². The lowest BCUT2D eigenvalue weighted by atomic mass is 10.0. The molecule has 4 rings (SSSR count). The maximum absolute atomic E-state index is 14.0. The maximum atomic E-state index is 14.0. The molecule has 0 fully saturated rings. The van der Waals surface area contributed by atoms with E-state index in [1.54, 1.807) is 41.9 Å². The molecule has 0 spiro atoms. The van der Waals surface area contributed by atoms with Crippen molar-refractivity contribution in [1.29, 1.82) is 0 Å². The van der Waals surface area contributed by atoms with E-state index in [1.165, 1.54) is 18.3 Å². The smallest absolute Gasteiger partial charge is 0.287 e. The van der Waals surface area contributed by atoms with Gasteiger partial charge in [-0.1, -0.05) is 28.1 Å². The van der Waals surface area contributed by atoms with Crippen LogP contribution < -0.4 is 5.32 Å².